The Balaban J connectivity index is 1.97. The molecule has 0 radical (unpaired) electrons. The van der Waals surface area contributed by atoms with Crippen LogP contribution < -0.4 is 0 Å². The second-order valence-corrected chi connectivity index (χ2v) is 6.60. The third-order valence-electron chi connectivity index (χ3n) is 3.74. The highest BCUT2D eigenvalue weighted by molar-refractivity contribution is 5.88. The standard InChI is InChI=1S/C18H19N3O2/c1-18(2,3)14-10-19-21(11-14)16-9-13-8-12(5-7-17(22)23)4-6-15(13)20-16/h4-11,20H,1-3H3,(H,22,23)/b7-5+. The van der Waals surface area contributed by atoms with Gasteiger partial charge in [0.05, 0.1) is 6.20 Å². The third kappa shape index (κ3) is 3.18. The molecule has 118 valence electrons. The Hall–Kier alpha value is -2.82. The average molecular weight is 309 g/mol. The van der Waals surface area contributed by atoms with Crippen molar-refractivity contribution in [2.75, 3.05) is 0 Å². The number of aromatic amines is 1. The summed E-state index contributed by atoms with van der Waals surface area (Å²) in [7, 11) is 0. The SMILES string of the molecule is CC(C)(C)c1cnn(-c2cc3cc(/C=C/C(=O)O)ccc3[nH]2)c1. The monoisotopic (exact) mass is 309 g/mol. The number of hydrogen-bond donors (Lipinski definition) is 2. The van der Waals surface area contributed by atoms with E-state index in [0.717, 1.165) is 28.4 Å². The topological polar surface area (TPSA) is 70.9 Å². The zero-order chi connectivity index (χ0) is 16.6. The zero-order valence-corrected chi connectivity index (χ0v) is 13.4. The van der Waals surface area contributed by atoms with Crippen molar-refractivity contribution < 1.29 is 9.90 Å². The number of rotatable bonds is 3. The first-order valence-electron chi connectivity index (χ1n) is 7.42. The maximum absolute atomic E-state index is 10.6. The van der Waals surface area contributed by atoms with Crippen molar-refractivity contribution in [2.24, 2.45) is 0 Å². The van der Waals surface area contributed by atoms with E-state index in [9.17, 15) is 4.79 Å². The number of nitrogens with one attached hydrogen (secondary N) is 1. The molecule has 0 aliphatic carbocycles. The van der Waals surface area contributed by atoms with E-state index in [-0.39, 0.29) is 5.41 Å². The van der Waals surface area contributed by atoms with Crippen LogP contribution in [0, 0.1) is 0 Å². The molecule has 3 aromatic rings. The molecule has 0 fully saturated rings. The molecule has 0 unspecified atom stereocenters. The number of carboxylic acids is 1. The minimum atomic E-state index is -0.953. The van der Waals surface area contributed by atoms with Crippen molar-refractivity contribution in [3.8, 4) is 5.82 Å². The number of aliphatic carboxylic acids is 1. The summed E-state index contributed by atoms with van der Waals surface area (Å²) in [6, 6.07) is 7.77. The van der Waals surface area contributed by atoms with Crippen LogP contribution >= 0.6 is 0 Å². The number of fused-ring (bicyclic) bond motifs is 1. The summed E-state index contributed by atoms with van der Waals surface area (Å²) in [6.07, 6.45) is 6.63. The van der Waals surface area contributed by atoms with Crippen LogP contribution in [-0.2, 0) is 10.2 Å². The fourth-order valence-electron chi connectivity index (χ4n) is 2.37. The Bertz CT molecular complexity index is 895. The van der Waals surface area contributed by atoms with E-state index in [0.29, 0.717) is 0 Å². The molecular formula is C18H19N3O2. The minimum absolute atomic E-state index is 0.0546. The summed E-state index contributed by atoms with van der Waals surface area (Å²) < 4.78 is 1.83. The fourth-order valence-corrected chi connectivity index (χ4v) is 2.37. The van der Waals surface area contributed by atoms with E-state index in [1.807, 2.05) is 41.3 Å². The van der Waals surface area contributed by atoms with E-state index in [4.69, 9.17) is 5.11 Å². The van der Waals surface area contributed by atoms with Gasteiger partial charge in [-0.15, -0.1) is 0 Å². The maximum Gasteiger partial charge on any atom is 0.328 e. The molecular weight excluding hydrogens is 290 g/mol. The van der Waals surface area contributed by atoms with Crippen LogP contribution in [0.2, 0.25) is 0 Å². The molecule has 23 heavy (non-hydrogen) atoms. The molecule has 0 atom stereocenters. The Morgan fingerprint density at radius 3 is 2.74 bits per heavy atom. The third-order valence-corrected chi connectivity index (χ3v) is 3.74. The van der Waals surface area contributed by atoms with Crippen molar-refractivity contribution in [2.45, 2.75) is 26.2 Å². The van der Waals surface area contributed by atoms with Crippen LogP contribution in [0.5, 0.6) is 0 Å². The van der Waals surface area contributed by atoms with Crippen molar-refractivity contribution in [3.05, 3.63) is 53.9 Å². The Morgan fingerprint density at radius 2 is 2.09 bits per heavy atom. The Labute approximate surface area is 134 Å². The van der Waals surface area contributed by atoms with Crippen LogP contribution in [0.25, 0.3) is 22.8 Å². The molecule has 0 bridgehead atoms. The van der Waals surface area contributed by atoms with Crippen LogP contribution in [0.1, 0.15) is 31.9 Å². The van der Waals surface area contributed by atoms with Gasteiger partial charge in [0.2, 0.25) is 0 Å². The summed E-state index contributed by atoms with van der Waals surface area (Å²) in [6.45, 7) is 6.46. The molecule has 0 saturated carbocycles. The Kier molecular flexibility index (Phi) is 3.56. The molecule has 5 nitrogen and oxygen atoms in total. The predicted octanol–water partition coefficient (Wildman–Crippen LogP) is 3.75. The summed E-state index contributed by atoms with van der Waals surface area (Å²) in [5.74, 6) is -0.0685. The van der Waals surface area contributed by atoms with E-state index < -0.39 is 5.97 Å². The molecule has 0 aliphatic rings. The summed E-state index contributed by atoms with van der Waals surface area (Å²) in [4.78, 5) is 13.9. The first-order valence-corrected chi connectivity index (χ1v) is 7.42. The van der Waals surface area contributed by atoms with Crippen LogP contribution in [0.15, 0.2) is 42.7 Å². The molecule has 0 amide bonds. The lowest BCUT2D eigenvalue weighted by molar-refractivity contribution is -0.131. The largest absolute Gasteiger partial charge is 0.478 e. The van der Waals surface area contributed by atoms with Crippen LogP contribution in [0.4, 0.5) is 0 Å². The number of aromatic nitrogens is 3. The van der Waals surface area contributed by atoms with E-state index in [1.165, 1.54) is 5.56 Å². The van der Waals surface area contributed by atoms with Crippen molar-refractivity contribution in [3.63, 3.8) is 0 Å². The lowest BCUT2D eigenvalue weighted by Crippen LogP contribution is -2.09. The number of H-pyrrole nitrogens is 1. The van der Waals surface area contributed by atoms with Crippen LogP contribution in [-0.4, -0.2) is 25.8 Å². The van der Waals surface area contributed by atoms with Gasteiger partial charge in [-0.05, 0) is 40.8 Å². The Morgan fingerprint density at radius 1 is 1.30 bits per heavy atom. The predicted molar refractivity (Wildman–Crippen MR) is 90.8 cm³/mol. The summed E-state index contributed by atoms with van der Waals surface area (Å²) >= 11 is 0. The second-order valence-electron chi connectivity index (χ2n) is 6.60. The highest BCUT2D eigenvalue weighted by atomic mass is 16.4. The summed E-state index contributed by atoms with van der Waals surface area (Å²) in [5.41, 5.74) is 3.06. The quantitative estimate of drug-likeness (QED) is 0.724. The molecule has 2 N–H and O–H groups in total. The second kappa shape index (κ2) is 5.43. The number of hydrogen-bond acceptors (Lipinski definition) is 2. The number of nitrogens with zero attached hydrogens (tertiary/aromatic N) is 2. The van der Waals surface area contributed by atoms with E-state index in [1.54, 1.807) is 6.08 Å². The van der Waals surface area contributed by atoms with E-state index in [2.05, 4.69) is 30.9 Å². The molecule has 0 aliphatic heterocycles. The van der Waals surface area contributed by atoms with Gasteiger partial charge in [0.1, 0.15) is 5.82 Å². The van der Waals surface area contributed by atoms with Gasteiger partial charge in [-0.3, -0.25) is 0 Å². The van der Waals surface area contributed by atoms with E-state index >= 15 is 0 Å². The highest BCUT2D eigenvalue weighted by Gasteiger charge is 2.16. The number of carboxylic acid groups (broad SMARTS) is 1. The van der Waals surface area contributed by atoms with Gasteiger partial charge in [0, 0.05) is 23.2 Å². The zero-order valence-electron chi connectivity index (χ0n) is 13.4. The number of carbonyl (C=O) groups is 1. The van der Waals surface area contributed by atoms with Crippen molar-refractivity contribution in [1.82, 2.24) is 14.8 Å². The summed E-state index contributed by atoms with van der Waals surface area (Å²) in [5, 5.41) is 14.1. The first kappa shape index (κ1) is 15.1. The molecule has 1 aromatic carbocycles. The number of benzene rings is 1. The van der Waals surface area contributed by atoms with Gasteiger partial charge in [0.25, 0.3) is 0 Å². The molecule has 0 saturated heterocycles. The van der Waals surface area contributed by atoms with Gasteiger partial charge in [-0.25, -0.2) is 9.48 Å². The molecule has 2 heterocycles. The molecule has 2 aromatic heterocycles. The van der Waals surface area contributed by atoms with Gasteiger partial charge >= 0.3 is 5.97 Å². The molecule has 0 spiro atoms. The van der Waals surface area contributed by atoms with Crippen LogP contribution in [0.3, 0.4) is 0 Å². The van der Waals surface area contributed by atoms with Gasteiger partial charge in [-0.1, -0.05) is 26.8 Å². The first-order chi connectivity index (χ1) is 10.8. The smallest absolute Gasteiger partial charge is 0.328 e. The van der Waals surface area contributed by atoms with Crippen molar-refractivity contribution >= 4 is 22.9 Å². The molecule has 5 heteroatoms. The fraction of sp³-hybridized carbons (Fsp3) is 0.222. The normalized spacial score (nSPS) is 12.3. The lowest BCUT2D eigenvalue weighted by atomic mass is 9.90. The van der Waals surface area contributed by atoms with Gasteiger partial charge < -0.3 is 10.1 Å². The average Bonchev–Trinajstić information content (AvgIpc) is 3.10. The minimum Gasteiger partial charge on any atom is -0.478 e. The highest BCUT2D eigenvalue weighted by Crippen LogP contribution is 2.24. The van der Waals surface area contributed by atoms with Gasteiger partial charge in [0.15, 0.2) is 0 Å². The maximum atomic E-state index is 10.6. The van der Waals surface area contributed by atoms with Gasteiger partial charge in [-0.2, -0.15) is 5.10 Å². The molecule has 3 rings (SSSR count). The van der Waals surface area contributed by atoms with Crippen molar-refractivity contribution in [1.29, 1.82) is 0 Å². The lowest BCUT2D eigenvalue weighted by Gasteiger charge is -2.14.